The van der Waals surface area contributed by atoms with Crippen LogP contribution in [0.25, 0.3) is 0 Å². The van der Waals surface area contributed by atoms with Crippen LogP contribution < -0.4 is 15.8 Å². The van der Waals surface area contributed by atoms with E-state index in [1.165, 1.54) is 28.6 Å². The zero-order valence-electron chi connectivity index (χ0n) is 24.9. The molecule has 43 heavy (non-hydrogen) atoms. The van der Waals surface area contributed by atoms with Crippen molar-refractivity contribution in [1.82, 2.24) is 9.62 Å². The minimum absolute atomic E-state index is 0.0262. The molecular formula is C30H43N3O9S. The number of ether oxygens (including phenoxy) is 5. The largest absolute Gasteiger partial charge is 0.491 e. The molecule has 0 spiro atoms. The molecule has 2 aliphatic rings. The number of nitrogens with zero attached hydrogens (tertiary/aromatic N) is 1. The van der Waals surface area contributed by atoms with E-state index in [0.717, 1.165) is 12.0 Å². The third kappa shape index (κ3) is 9.03. The lowest BCUT2D eigenvalue weighted by molar-refractivity contribution is -0.0907. The second kappa shape index (κ2) is 15.2. The number of rotatable bonds is 15. The number of nitrogen functional groups attached to an aromatic ring is 1. The molecule has 2 saturated heterocycles. The fourth-order valence-corrected chi connectivity index (χ4v) is 6.80. The number of aliphatic hydroxyl groups is 1. The standard InChI is InChI=1S/C30H43N3O9S/c1-20(2)17-33(43(36,37)24-10-6-22(31)7-11-24)18-27(34)26(16-21-4-8-23(9-5-21)39-15-14-38-3)32-30(35)42-28-19-41-29-25(28)12-13-40-29/h4-11,20,25-29,34H,12-19,31H2,1-3H3,(H,32,35)/t25-,26-,27?,28-,29+/m0/s1. The maximum atomic E-state index is 13.6. The van der Waals surface area contributed by atoms with Crippen molar-refractivity contribution in [1.29, 1.82) is 0 Å². The fraction of sp³-hybridized carbons (Fsp3) is 0.567. The average molecular weight is 622 g/mol. The molecule has 1 amide bonds. The van der Waals surface area contributed by atoms with Crippen LogP contribution in [0, 0.1) is 11.8 Å². The molecule has 13 heteroatoms. The molecule has 2 fully saturated rings. The van der Waals surface area contributed by atoms with Crippen molar-refractivity contribution < 1.29 is 42.0 Å². The maximum Gasteiger partial charge on any atom is 0.407 e. The Balaban J connectivity index is 1.51. The lowest BCUT2D eigenvalue weighted by Crippen LogP contribution is -2.51. The molecule has 2 heterocycles. The van der Waals surface area contributed by atoms with Crippen molar-refractivity contribution in [2.24, 2.45) is 11.8 Å². The number of benzene rings is 2. The number of hydrogen-bond acceptors (Lipinski definition) is 10. The van der Waals surface area contributed by atoms with E-state index in [1.54, 1.807) is 19.2 Å². The van der Waals surface area contributed by atoms with Crippen LogP contribution in [0.3, 0.4) is 0 Å². The van der Waals surface area contributed by atoms with Crippen molar-refractivity contribution in [3.05, 3.63) is 54.1 Å². The van der Waals surface area contributed by atoms with Gasteiger partial charge in [-0.2, -0.15) is 4.31 Å². The summed E-state index contributed by atoms with van der Waals surface area (Å²) in [6.07, 6.45) is -1.91. The van der Waals surface area contributed by atoms with Crippen LogP contribution in [0.5, 0.6) is 5.75 Å². The van der Waals surface area contributed by atoms with Crippen molar-refractivity contribution in [3.63, 3.8) is 0 Å². The number of nitrogens with two attached hydrogens (primary N) is 1. The molecule has 0 radical (unpaired) electrons. The Morgan fingerprint density at radius 3 is 2.49 bits per heavy atom. The lowest BCUT2D eigenvalue weighted by atomic mass is 10.0. The van der Waals surface area contributed by atoms with Gasteiger partial charge in [0.1, 0.15) is 18.5 Å². The van der Waals surface area contributed by atoms with Gasteiger partial charge in [-0.15, -0.1) is 0 Å². The Kier molecular flexibility index (Phi) is 11.6. The molecule has 4 N–H and O–H groups in total. The Bertz CT molecular complexity index is 1270. The summed E-state index contributed by atoms with van der Waals surface area (Å²) in [4.78, 5) is 13.2. The highest BCUT2D eigenvalue weighted by Gasteiger charge is 2.44. The van der Waals surface area contributed by atoms with Gasteiger partial charge in [-0.3, -0.25) is 0 Å². The molecule has 0 aliphatic carbocycles. The number of anilines is 1. The monoisotopic (exact) mass is 621 g/mol. The number of nitrogens with one attached hydrogen (secondary N) is 1. The van der Waals surface area contributed by atoms with Crippen molar-refractivity contribution in [2.75, 3.05) is 52.4 Å². The minimum atomic E-state index is -3.97. The van der Waals surface area contributed by atoms with Crippen LogP contribution in [0.15, 0.2) is 53.4 Å². The van der Waals surface area contributed by atoms with Gasteiger partial charge in [-0.1, -0.05) is 26.0 Å². The Labute approximate surface area is 253 Å². The van der Waals surface area contributed by atoms with E-state index in [-0.39, 0.29) is 49.1 Å². The molecule has 5 atom stereocenters. The third-order valence-electron chi connectivity index (χ3n) is 7.42. The average Bonchev–Trinajstić information content (AvgIpc) is 3.58. The molecule has 0 saturated carbocycles. The Hall–Kier alpha value is -2.94. The predicted molar refractivity (Wildman–Crippen MR) is 159 cm³/mol. The first-order valence-corrected chi connectivity index (χ1v) is 16.0. The van der Waals surface area contributed by atoms with Gasteiger partial charge in [0.25, 0.3) is 0 Å². The van der Waals surface area contributed by atoms with E-state index in [0.29, 0.717) is 31.3 Å². The molecule has 0 aromatic heterocycles. The topological polar surface area (TPSA) is 159 Å². The van der Waals surface area contributed by atoms with Crippen LogP contribution >= 0.6 is 0 Å². The number of carbonyl (C=O) groups excluding carboxylic acids is 1. The first-order chi connectivity index (χ1) is 20.6. The smallest absolute Gasteiger partial charge is 0.407 e. The highest BCUT2D eigenvalue weighted by molar-refractivity contribution is 7.89. The Morgan fingerprint density at radius 1 is 1.09 bits per heavy atom. The van der Waals surface area contributed by atoms with E-state index in [9.17, 15) is 18.3 Å². The van der Waals surface area contributed by atoms with Gasteiger partial charge in [-0.25, -0.2) is 13.2 Å². The maximum absolute atomic E-state index is 13.6. The second-order valence-corrected chi connectivity index (χ2v) is 13.2. The summed E-state index contributed by atoms with van der Waals surface area (Å²) in [6.45, 7) is 5.32. The van der Waals surface area contributed by atoms with Gasteiger partial charge in [-0.05, 0) is 60.7 Å². The lowest BCUT2D eigenvalue weighted by Gasteiger charge is -2.31. The van der Waals surface area contributed by atoms with Crippen LogP contribution in [0.1, 0.15) is 25.8 Å². The van der Waals surface area contributed by atoms with Gasteiger partial charge in [0.05, 0.1) is 42.8 Å². The quantitative estimate of drug-likeness (QED) is 0.199. The molecule has 0 bridgehead atoms. The second-order valence-electron chi connectivity index (χ2n) is 11.3. The molecule has 238 valence electrons. The molecule has 2 aliphatic heterocycles. The number of sulfonamides is 1. The van der Waals surface area contributed by atoms with E-state index in [1.807, 2.05) is 26.0 Å². The zero-order valence-corrected chi connectivity index (χ0v) is 25.7. The van der Waals surface area contributed by atoms with Crippen LogP contribution in [-0.4, -0.2) is 95.1 Å². The highest BCUT2D eigenvalue weighted by atomic mass is 32.2. The van der Waals surface area contributed by atoms with Crippen LogP contribution in [-0.2, 0) is 35.4 Å². The molecule has 4 rings (SSSR count). The SMILES string of the molecule is COCCOc1ccc(C[C@H](NC(=O)O[C@H]2CO[C@H]3OCC[C@H]32)C(O)CN(CC(C)C)S(=O)(=O)c2ccc(N)cc2)cc1. The van der Waals surface area contributed by atoms with Gasteiger partial charge >= 0.3 is 6.09 Å². The summed E-state index contributed by atoms with van der Waals surface area (Å²) >= 11 is 0. The van der Waals surface area contributed by atoms with Crippen LogP contribution in [0.2, 0.25) is 0 Å². The molecule has 2 aromatic rings. The number of aliphatic hydroxyl groups excluding tert-OH is 1. The number of carbonyl (C=O) groups is 1. The van der Waals surface area contributed by atoms with Crippen LogP contribution in [0.4, 0.5) is 10.5 Å². The summed E-state index contributed by atoms with van der Waals surface area (Å²) < 4.78 is 55.9. The van der Waals surface area contributed by atoms with Gasteiger partial charge in [0, 0.05) is 25.9 Å². The van der Waals surface area contributed by atoms with Crippen molar-refractivity contribution in [3.8, 4) is 5.75 Å². The first kappa shape index (κ1) is 33.0. The molecule has 1 unspecified atom stereocenters. The number of methoxy groups -OCH3 is 1. The van der Waals surface area contributed by atoms with Gasteiger partial charge in [0.2, 0.25) is 10.0 Å². The minimum Gasteiger partial charge on any atom is -0.491 e. The number of alkyl carbamates (subject to hydrolysis) is 1. The Morgan fingerprint density at radius 2 is 1.81 bits per heavy atom. The van der Waals surface area contributed by atoms with E-state index in [4.69, 9.17) is 29.4 Å². The number of fused-ring (bicyclic) bond motifs is 1. The highest BCUT2D eigenvalue weighted by Crippen LogP contribution is 2.33. The fourth-order valence-electron chi connectivity index (χ4n) is 5.18. The van der Waals surface area contributed by atoms with E-state index < -0.39 is 34.4 Å². The van der Waals surface area contributed by atoms with E-state index in [2.05, 4.69) is 5.32 Å². The van der Waals surface area contributed by atoms with Crippen molar-refractivity contribution in [2.45, 2.75) is 56.1 Å². The number of hydrogen-bond donors (Lipinski definition) is 3. The molecule has 12 nitrogen and oxygen atoms in total. The van der Waals surface area contributed by atoms with E-state index >= 15 is 0 Å². The summed E-state index contributed by atoms with van der Waals surface area (Å²) in [7, 11) is -2.38. The van der Waals surface area contributed by atoms with Crippen molar-refractivity contribution >= 4 is 21.8 Å². The summed E-state index contributed by atoms with van der Waals surface area (Å²) in [5.41, 5.74) is 7.00. The summed E-state index contributed by atoms with van der Waals surface area (Å²) in [5, 5.41) is 14.3. The van der Waals surface area contributed by atoms with Gasteiger partial charge < -0.3 is 39.8 Å². The number of amides is 1. The predicted octanol–water partition coefficient (Wildman–Crippen LogP) is 2.40. The van der Waals surface area contributed by atoms with Gasteiger partial charge in [0.15, 0.2) is 6.29 Å². The zero-order chi connectivity index (χ0) is 31.0. The third-order valence-corrected chi connectivity index (χ3v) is 9.27. The first-order valence-electron chi connectivity index (χ1n) is 14.5. The molecular weight excluding hydrogens is 578 g/mol. The molecule has 2 aromatic carbocycles. The summed E-state index contributed by atoms with van der Waals surface area (Å²) in [5.74, 6) is 0.575. The summed E-state index contributed by atoms with van der Waals surface area (Å²) in [6, 6.07) is 12.3. The normalized spacial score (nSPS) is 21.5.